The minimum absolute atomic E-state index is 1.04. The highest BCUT2D eigenvalue weighted by Crippen LogP contribution is 2.21. The molecule has 1 saturated carbocycles. The predicted octanol–water partition coefficient (Wildman–Crippen LogP) is 2.84. The quantitative estimate of drug-likeness (QED) is 0.436. The Kier molecular flexibility index (Phi) is 5.41. The molecular formula is C9H16. The lowest BCUT2D eigenvalue weighted by Gasteiger charge is -2.15. The van der Waals surface area contributed by atoms with Gasteiger partial charge in [0.25, 0.3) is 0 Å². The van der Waals surface area contributed by atoms with Gasteiger partial charge in [0.1, 0.15) is 0 Å². The third kappa shape index (κ3) is 4.09. The van der Waals surface area contributed by atoms with Crippen LogP contribution < -0.4 is 0 Å². The van der Waals surface area contributed by atoms with E-state index in [9.17, 15) is 0 Å². The second kappa shape index (κ2) is 5.69. The summed E-state index contributed by atoms with van der Waals surface area (Å²) >= 11 is 0. The summed E-state index contributed by atoms with van der Waals surface area (Å²) in [5.74, 6) is 1.04. The van der Waals surface area contributed by atoms with Crippen LogP contribution in [0.5, 0.6) is 0 Å². The molecule has 0 bridgehead atoms. The molecule has 0 heterocycles. The fourth-order valence-corrected chi connectivity index (χ4v) is 1.31. The number of terminal acetylenes is 1. The van der Waals surface area contributed by atoms with Crippen LogP contribution in [-0.4, -0.2) is 0 Å². The number of hydrogen-bond acceptors (Lipinski definition) is 0. The Morgan fingerprint density at radius 3 is 1.67 bits per heavy atom. The molecule has 1 rings (SSSR count). The molecule has 0 aromatic heterocycles. The van der Waals surface area contributed by atoms with E-state index in [1.54, 1.807) is 0 Å². The van der Waals surface area contributed by atoms with E-state index in [1.165, 1.54) is 32.1 Å². The summed E-state index contributed by atoms with van der Waals surface area (Å²) in [5.41, 5.74) is 0. The van der Waals surface area contributed by atoms with Crippen molar-refractivity contribution in [3.05, 3.63) is 0 Å². The molecule has 0 aliphatic heterocycles. The van der Waals surface area contributed by atoms with Crippen molar-refractivity contribution in [2.75, 3.05) is 0 Å². The lowest BCUT2D eigenvalue weighted by Crippen LogP contribution is -1.99. The Balaban J connectivity index is 0.000000291. The van der Waals surface area contributed by atoms with Crippen molar-refractivity contribution in [2.45, 2.75) is 39.0 Å². The summed E-state index contributed by atoms with van der Waals surface area (Å²) in [7, 11) is 0. The number of rotatable bonds is 0. The van der Waals surface area contributed by atoms with E-state index >= 15 is 0 Å². The van der Waals surface area contributed by atoms with E-state index < -0.39 is 0 Å². The topological polar surface area (TPSA) is 0 Å². The molecule has 0 nitrogen and oxygen atoms in total. The van der Waals surface area contributed by atoms with Crippen molar-refractivity contribution < 1.29 is 0 Å². The predicted molar refractivity (Wildman–Crippen MR) is 42.1 cm³/mol. The highest BCUT2D eigenvalue weighted by atomic mass is 14.1. The highest BCUT2D eigenvalue weighted by Gasteiger charge is 2.05. The molecule has 0 amide bonds. The van der Waals surface area contributed by atoms with E-state index in [1.807, 2.05) is 0 Å². The summed E-state index contributed by atoms with van der Waals surface area (Å²) < 4.78 is 0. The fourth-order valence-electron chi connectivity index (χ4n) is 1.31. The Hall–Kier alpha value is -0.440. The minimum Gasteiger partial charge on any atom is -0.124 e. The monoisotopic (exact) mass is 124 g/mol. The van der Waals surface area contributed by atoms with Gasteiger partial charge in [-0.25, -0.2) is 0 Å². The molecule has 0 N–H and O–H groups in total. The Morgan fingerprint density at radius 1 is 1.00 bits per heavy atom. The van der Waals surface area contributed by atoms with Gasteiger partial charge < -0.3 is 0 Å². The van der Waals surface area contributed by atoms with Crippen LogP contribution in [-0.2, 0) is 0 Å². The van der Waals surface area contributed by atoms with Crippen LogP contribution in [0.1, 0.15) is 39.0 Å². The molecule has 1 fully saturated rings. The fraction of sp³-hybridized carbons (Fsp3) is 0.778. The summed E-state index contributed by atoms with van der Waals surface area (Å²) in [6.07, 6.45) is 15.4. The minimum atomic E-state index is 1.04. The van der Waals surface area contributed by atoms with Crippen molar-refractivity contribution in [3.63, 3.8) is 0 Å². The first-order chi connectivity index (χ1) is 4.39. The van der Waals surface area contributed by atoms with Crippen LogP contribution in [0.25, 0.3) is 0 Å². The first-order valence-electron chi connectivity index (χ1n) is 3.73. The molecule has 9 heavy (non-hydrogen) atoms. The molecule has 52 valence electrons. The van der Waals surface area contributed by atoms with Gasteiger partial charge in [-0.1, -0.05) is 39.0 Å². The lowest BCUT2D eigenvalue weighted by atomic mass is 9.91. The summed E-state index contributed by atoms with van der Waals surface area (Å²) in [4.78, 5) is 0. The molecular weight excluding hydrogens is 108 g/mol. The van der Waals surface area contributed by atoms with Gasteiger partial charge in [0.15, 0.2) is 0 Å². The van der Waals surface area contributed by atoms with Crippen molar-refractivity contribution in [1.29, 1.82) is 0 Å². The Labute approximate surface area is 58.7 Å². The molecule has 1 aliphatic rings. The van der Waals surface area contributed by atoms with Crippen LogP contribution in [0.2, 0.25) is 0 Å². The van der Waals surface area contributed by atoms with Gasteiger partial charge in [-0.2, -0.15) is 0 Å². The van der Waals surface area contributed by atoms with E-state index in [4.69, 9.17) is 0 Å². The van der Waals surface area contributed by atoms with Crippen molar-refractivity contribution >= 4 is 0 Å². The summed E-state index contributed by atoms with van der Waals surface area (Å²) in [5, 5.41) is 0. The van der Waals surface area contributed by atoms with Gasteiger partial charge in [-0.15, -0.1) is 12.8 Å². The smallest absolute Gasteiger partial charge is 0.0443 e. The highest BCUT2D eigenvalue weighted by molar-refractivity contribution is 4.59. The molecule has 1 aliphatic carbocycles. The largest absolute Gasteiger partial charge is 0.124 e. The normalized spacial score (nSPS) is 19.9. The molecule has 0 aromatic carbocycles. The van der Waals surface area contributed by atoms with Gasteiger partial charge >= 0.3 is 0 Å². The van der Waals surface area contributed by atoms with Crippen molar-refractivity contribution in [1.82, 2.24) is 0 Å². The Bertz CT molecular complexity index is 65.4. The maximum atomic E-state index is 4.00. The van der Waals surface area contributed by atoms with Gasteiger partial charge in [0.2, 0.25) is 0 Å². The zero-order chi connectivity index (χ0) is 7.11. The molecule has 0 unspecified atom stereocenters. The molecule has 0 heteroatoms. The zero-order valence-electron chi connectivity index (χ0n) is 6.27. The van der Waals surface area contributed by atoms with E-state index in [0.717, 1.165) is 5.92 Å². The van der Waals surface area contributed by atoms with Crippen LogP contribution in [0.4, 0.5) is 0 Å². The van der Waals surface area contributed by atoms with Crippen LogP contribution in [0, 0.1) is 18.8 Å². The second-order valence-corrected chi connectivity index (χ2v) is 2.74. The maximum Gasteiger partial charge on any atom is -0.0443 e. The van der Waals surface area contributed by atoms with Crippen LogP contribution in [0.15, 0.2) is 0 Å². The SMILES string of the molecule is C#C.CC1CCCCC1. The molecule has 0 atom stereocenters. The number of hydrogen-bond donors (Lipinski definition) is 0. The average molecular weight is 124 g/mol. The van der Waals surface area contributed by atoms with E-state index in [-0.39, 0.29) is 0 Å². The van der Waals surface area contributed by atoms with E-state index in [0.29, 0.717) is 0 Å². The zero-order valence-corrected chi connectivity index (χ0v) is 6.27. The van der Waals surface area contributed by atoms with Crippen molar-refractivity contribution in [3.8, 4) is 12.8 Å². The molecule has 0 aromatic rings. The standard InChI is InChI=1S/C7H14.C2H2/c1-7-5-3-2-4-6-7;1-2/h7H,2-6H2,1H3;1-2H. The maximum absolute atomic E-state index is 4.00. The molecule has 0 saturated heterocycles. The van der Waals surface area contributed by atoms with Crippen LogP contribution in [0.3, 0.4) is 0 Å². The lowest BCUT2D eigenvalue weighted by molar-refractivity contribution is 0.385. The average Bonchev–Trinajstić information content (AvgIpc) is 1.94. The van der Waals surface area contributed by atoms with Gasteiger partial charge in [0, 0.05) is 0 Å². The first-order valence-corrected chi connectivity index (χ1v) is 3.73. The summed E-state index contributed by atoms with van der Waals surface area (Å²) in [6.45, 7) is 2.36. The summed E-state index contributed by atoms with van der Waals surface area (Å²) in [6, 6.07) is 0. The van der Waals surface area contributed by atoms with Gasteiger partial charge in [-0.05, 0) is 5.92 Å². The first kappa shape index (κ1) is 8.56. The Morgan fingerprint density at radius 2 is 1.44 bits per heavy atom. The molecule has 0 radical (unpaired) electrons. The van der Waals surface area contributed by atoms with Crippen LogP contribution >= 0.6 is 0 Å². The van der Waals surface area contributed by atoms with Gasteiger partial charge in [-0.3, -0.25) is 0 Å². The third-order valence-electron chi connectivity index (χ3n) is 1.89. The van der Waals surface area contributed by atoms with Gasteiger partial charge in [0.05, 0.1) is 0 Å². The second-order valence-electron chi connectivity index (χ2n) is 2.74. The third-order valence-corrected chi connectivity index (χ3v) is 1.89. The van der Waals surface area contributed by atoms with Crippen molar-refractivity contribution in [2.24, 2.45) is 5.92 Å². The molecule has 0 spiro atoms. The van der Waals surface area contributed by atoms with E-state index in [2.05, 4.69) is 19.8 Å².